The summed E-state index contributed by atoms with van der Waals surface area (Å²) < 4.78 is 27.8. The van der Waals surface area contributed by atoms with Crippen molar-refractivity contribution in [3.63, 3.8) is 0 Å². The molecule has 1 aliphatic carbocycles. The van der Waals surface area contributed by atoms with Crippen molar-refractivity contribution in [1.82, 2.24) is 4.90 Å². The number of Topliss-reactive ketones (excluding diaryl/α,β-unsaturated/α-hetero) is 1. The van der Waals surface area contributed by atoms with Crippen LogP contribution in [0.3, 0.4) is 0 Å². The van der Waals surface area contributed by atoms with Crippen molar-refractivity contribution in [2.45, 2.75) is 31.2 Å². The lowest BCUT2D eigenvalue weighted by Crippen LogP contribution is -2.39. The molecule has 35 heavy (non-hydrogen) atoms. The van der Waals surface area contributed by atoms with Crippen molar-refractivity contribution in [3.05, 3.63) is 106 Å². The highest BCUT2D eigenvalue weighted by Gasteiger charge is 2.32. The lowest BCUT2D eigenvalue weighted by molar-refractivity contribution is -0.127. The Morgan fingerprint density at radius 2 is 1.66 bits per heavy atom. The monoisotopic (exact) mass is 486 g/mol. The van der Waals surface area contributed by atoms with E-state index in [1.807, 2.05) is 37.3 Å². The first-order chi connectivity index (χ1) is 16.8. The molecule has 0 spiro atoms. The second-order valence-corrected chi connectivity index (χ2v) is 11.0. The number of hydrogen-bond donors (Lipinski definition) is 0. The van der Waals surface area contributed by atoms with Crippen LogP contribution in [0.5, 0.6) is 0 Å². The fourth-order valence-corrected chi connectivity index (χ4v) is 5.85. The summed E-state index contributed by atoms with van der Waals surface area (Å²) in [7, 11) is -2.40. The molecular weight excluding hydrogens is 460 g/mol. The molecule has 0 saturated carbocycles. The lowest BCUT2D eigenvalue weighted by atomic mass is 9.89. The molecule has 6 nitrogen and oxygen atoms in total. The van der Waals surface area contributed by atoms with E-state index in [1.165, 1.54) is 29.0 Å². The Kier molecular flexibility index (Phi) is 5.81. The maximum atomic E-state index is 13.4. The van der Waals surface area contributed by atoms with Crippen LogP contribution in [0.1, 0.15) is 32.6 Å². The molecule has 3 aromatic rings. The Labute approximate surface area is 205 Å². The maximum Gasteiger partial charge on any atom is 0.264 e. The molecule has 0 aromatic heterocycles. The van der Waals surface area contributed by atoms with Gasteiger partial charge < -0.3 is 4.90 Å². The predicted molar refractivity (Wildman–Crippen MR) is 135 cm³/mol. The van der Waals surface area contributed by atoms with E-state index in [0.717, 1.165) is 17.5 Å². The van der Waals surface area contributed by atoms with Crippen molar-refractivity contribution in [3.8, 4) is 0 Å². The molecule has 0 radical (unpaired) electrons. The van der Waals surface area contributed by atoms with Gasteiger partial charge in [-0.3, -0.25) is 13.9 Å². The molecule has 1 amide bonds. The number of allylic oxidation sites excluding steroid dienone is 1. The number of ketones is 1. The van der Waals surface area contributed by atoms with Gasteiger partial charge in [0.25, 0.3) is 15.9 Å². The third-order valence-corrected chi connectivity index (χ3v) is 8.58. The standard InChI is InChI=1S/C28H26N2O4S/c1-19-7-11-23(12-8-19)29(2)35(33,34)24-13-9-21-10-14-25(27(31)26(21)17-24)28(32)30-16-15-20-5-3-4-6-22(20)18-30/h3-9,11-14,17H,10,15-16,18H2,1-2H3. The molecule has 1 heterocycles. The number of carbonyl (C=O) groups is 2. The summed E-state index contributed by atoms with van der Waals surface area (Å²) in [5, 5.41) is 0. The highest BCUT2D eigenvalue weighted by atomic mass is 32.2. The van der Waals surface area contributed by atoms with Crippen LogP contribution in [0, 0.1) is 6.92 Å². The van der Waals surface area contributed by atoms with Crippen LogP contribution >= 0.6 is 0 Å². The summed E-state index contributed by atoms with van der Waals surface area (Å²) in [4.78, 5) is 28.4. The number of benzene rings is 3. The smallest absolute Gasteiger partial charge is 0.264 e. The van der Waals surface area contributed by atoms with Gasteiger partial charge in [0.15, 0.2) is 5.78 Å². The fourth-order valence-electron chi connectivity index (χ4n) is 4.63. The second kappa shape index (κ2) is 8.82. The Hall–Kier alpha value is -3.71. The quantitative estimate of drug-likeness (QED) is 0.521. The van der Waals surface area contributed by atoms with Gasteiger partial charge in [0.1, 0.15) is 0 Å². The molecule has 0 atom stereocenters. The minimum Gasteiger partial charge on any atom is -0.334 e. The topological polar surface area (TPSA) is 74.8 Å². The van der Waals surface area contributed by atoms with Gasteiger partial charge >= 0.3 is 0 Å². The first-order valence-corrected chi connectivity index (χ1v) is 13.0. The number of rotatable bonds is 4. The first kappa shape index (κ1) is 23.1. The van der Waals surface area contributed by atoms with Crippen LogP contribution in [-0.4, -0.2) is 38.6 Å². The van der Waals surface area contributed by atoms with Gasteiger partial charge in [-0.05, 0) is 60.7 Å². The maximum absolute atomic E-state index is 13.4. The van der Waals surface area contributed by atoms with E-state index in [4.69, 9.17) is 0 Å². The van der Waals surface area contributed by atoms with Crippen LogP contribution in [0.15, 0.2) is 83.3 Å². The Balaban J connectivity index is 1.41. The third kappa shape index (κ3) is 4.17. The molecule has 0 unspecified atom stereocenters. The second-order valence-electron chi connectivity index (χ2n) is 9.02. The zero-order chi connectivity index (χ0) is 24.7. The van der Waals surface area contributed by atoms with Crippen molar-refractivity contribution in [1.29, 1.82) is 0 Å². The van der Waals surface area contributed by atoms with E-state index >= 15 is 0 Å². The number of amides is 1. The Bertz CT molecular complexity index is 1470. The van der Waals surface area contributed by atoms with E-state index in [2.05, 4.69) is 6.07 Å². The Morgan fingerprint density at radius 1 is 0.943 bits per heavy atom. The summed E-state index contributed by atoms with van der Waals surface area (Å²) in [6.45, 7) is 2.94. The Morgan fingerprint density at radius 3 is 2.40 bits per heavy atom. The minimum absolute atomic E-state index is 0.0215. The van der Waals surface area contributed by atoms with Crippen molar-refractivity contribution >= 4 is 27.4 Å². The average molecular weight is 487 g/mol. The normalized spacial score (nSPS) is 15.2. The van der Waals surface area contributed by atoms with Gasteiger partial charge in [-0.25, -0.2) is 8.42 Å². The number of fused-ring (bicyclic) bond motifs is 2. The summed E-state index contributed by atoms with van der Waals surface area (Å²) in [6, 6.07) is 19.8. The van der Waals surface area contributed by atoms with Crippen LogP contribution < -0.4 is 4.31 Å². The molecule has 3 aromatic carbocycles. The van der Waals surface area contributed by atoms with E-state index in [9.17, 15) is 18.0 Å². The summed E-state index contributed by atoms with van der Waals surface area (Å²) in [6.07, 6.45) is 2.81. The predicted octanol–water partition coefficient (Wildman–Crippen LogP) is 4.07. The van der Waals surface area contributed by atoms with Gasteiger partial charge in [-0.2, -0.15) is 0 Å². The number of carbonyl (C=O) groups excluding carboxylic acids is 2. The van der Waals surface area contributed by atoms with E-state index in [0.29, 0.717) is 30.8 Å². The molecule has 0 saturated heterocycles. The molecule has 0 bridgehead atoms. The highest BCUT2D eigenvalue weighted by molar-refractivity contribution is 7.92. The lowest BCUT2D eigenvalue weighted by Gasteiger charge is -2.30. The molecular formula is C28H26N2O4S. The molecule has 178 valence electrons. The summed E-state index contributed by atoms with van der Waals surface area (Å²) in [5.41, 5.74) is 4.96. The number of hydrogen-bond acceptors (Lipinski definition) is 4. The zero-order valence-corrected chi connectivity index (χ0v) is 20.5. The van der Waals surface area contributed by atoms with Gasteiger partial charge in [-0.1, -0.05) is 54.1 Å². The van der Waals surface area contributed by atoms with Crippen molar-refractivity contribution < 1.29 is 18.0 Å². The average Bonchev–Trinajstić information content (AvgIpc) is 2.88. The van der Waals surface area contributed by atoms with Gasteiger partial charge in [0, 0.05) is 25.7 Å². The van der Waals surface area contributed by atoms with Crippen LogP contribution in [0.4, 0.5) is 5.69 Å². The molecule has 0 N–H and O–H groups in total. The van der Waals surface area contributed by atoms with Crippen LogP contribution in [0.2, 0.25) is 0 Å². The fraction of sp³-hybridized carbons (Fsp3) is 0.214. The SMILES string of the molecule is Cc1ccc(N(C)S(=O)(=O)c2ccc3c(c2)C(=O)C(C(=O)N2CCc4ccccc4C2)=CC3)cc1. The van der Waals surface area contributed by atoms with E-state index in [1.54, 1.807) is 29.2 Å². The summed E-state index contributed by atoms with van der Waals surface area (Å²) >= 11 is 0. The van der Waals surface area contributed by atoms with Crippen molar-refractivity contribution in [2.24, 2.45) is 0 Å². The minimum atomic E-state index is -3.89. The number of nitrogens with zero attached hydrogens (tertiary/aromatic N) is 2. The molecule has 7 heteroatoms. The van der Waals surface area contributed by atoms with Crippen LogP contribution in [-0.2, 0) is 34.2 Å². The third-order valence-electron chi connectivity index (χ3n) is 6.80. The number of sulfonamides is 1. The summed E-state index contributed by atoms with van der Waals surface area (Å²) in [5.74, 6) is -0.731. The number of anilines is 1. The first-order valence-electron chi connectivity index (χ1n) is 11.5. The van der Waals surface area contributed by atoms with E-state index < -0.39 is 15.8 Å². The van der Waals surface area contributed by atoms with Gasteiger partial charge in [0.05, 0.1) is 16.2 Å². The molecule has 2 aliphatic rings. The number of aryl methyl sites for hydroxylation is 1. The molecule has 5 rings (SSSR count). The van der Waals surface area contributed by atoms with Gasteiger partial charge in [0.2, 0.25) is 0 Å². The molecule has 1 aliphatic heterocycles. The zero-order valence-electron chi connectivity index (χ0n) is 19.7. The van der Waals surface area contributed by atoms with E-state index in [-0.39, 0.29) is 21.9 Å². The highest BCUT2D eigenvalue weighted by Crippen LogP contribution is 2.29. The van der Waals surface area contributed by atoms with Crippen LogP contribution in [0.25, 0.3) is 0 Å². The van der Waals surface area contributed by atoms with Crippen molar-refractivity contribution in [2.75, 3.05) is 17.9 Å². The molecule has 0 fully saturated rings. The van der Waals surface area contributed by atoms with Gasteiger partial charge in [-0.15, -0.1) is 0 Å². The largest absolute Gasteiger partial charge is 0.334 e.